The van der Waals surface area contributed by atoms with Crippen LogP contribution >= 0.6 is 0 Å². The van der Waals surface area contributed by atoms with Gasteiger partial charge in [0, 0.05) is 5.69 Å². The van der Waals surface area contributed by atoms with Crippen LogP contribution in [0.2, 0.25) is 0 Å². The maximum atomic E-state index is 12.2. The highest BCUT2D eigenvalue weighted by Gasteiger charge is 2.27. The minimum atomic E-state index is -4.29. The van der Waals surface area contributed by atoms with Gasteiger partial charge in [-0.15, -0.1) is 0 Å². The van der Waals surface area contributed by atoms with Gasteiger partial charge in [0.05, 0.1) is 12.2 Å². The predicted octanol–water partition coefficient (Wildman–Crippen LogP) is 2.55. The molecule has 1 amide bonds. The zero-order chi connectivity index (χ0) is 16.1. The second-order valence-corrected chi connectivity index (χ2v) is 6.81. The minimum absolute atomic E-state index is 0.0686. The molecule has 1 aromatic carbocycles. The molecule has 4 nitrogen and oxygen atoms in total. The van der Waals surface area contributed by atoms with Crippen LogP contribution in [-0.2, 0) is 21.1 Å². The van der Waals surface area contributed by atoms with Crippen molar-refractivity contribution in [3.63, 3.8) is 0 Å². The van der Waals surface area contributed by atoms with Crippen LogP contribution in [0.4, 0.5) is 18.9 Å². The van der Waals surface area contributed by atoms with Crippen LogP contribution in [0.15, 0.2) is 24.3 Å². The van der Waals surface area contributed by atoms with Gasteiger partial charge in [-0.25, -0.2) is 8.42 Å². The summed E-state index contributed by atoms with van der Waals surface area (Å²) in [6, 6.07) is 5.10. The number of nitrogens with one attached hydrogen (secondary N) is 1. The topological polar surface area (TPSA) is 63.2 Å². The van der Waals surface area contributed by atoms with Crippen molar-refractivity contribution < 1.29 is 26.4 Å². The largest absolute Gasteiger partial charge is 0.393 e. The van der Waals surface area contributed by atoms with E-state index in [1.54, 1.807) is 6.92 Å². The molecule has 118 valence electrons. The Morgan fingerprint density at radius 1 is 1.19 bits per heavy atom. The summed E-state index contributed by atoms with van der Waals surface area (Å²) in [5.41, 5.74) is 0.330. The second-order valence-electron chi connectivity index (χ2n) is 4.63. The van der Waals surface area contributed by atoms with Crippen LogP contribution in [0, 0.1) is 0 Å². The summed E-state index contributed by atoms with van der Waals surface area (Å²) in [5.74, 6) is -1.41. The van der Waals surface area contributed by atoms with Crippen molar-refractivity contribution in [3.05, 3.63) is 29.8 Å². The molecule has 8 heteroatoms. The Balaban J connectivity index is 2.62. The molecule has 0 atom stereocenters. The van der Waals surface area contributed by atoms with Crippen molar-refractivity contribution in [2.45, 2.75) is 25.9 Å². The summed E-state index contributed by atoms with van der Waals surface area (Å²) in [6.45, 7) is 1.69. The van der Waals surface area contributed by atoms with Crippen LogP contribution in [-0.4, -0.2) is 32.0 Å². The lowest BCUT2D eigenvalue weighted by Crippen LogP contribution is -2.24. The fourth-order valence-electron chi connectivity index (χ4n) is 1.72. The third-order valence-corrected chi connectivity index (χ3v) is 4.24. The van der Waals surface area contributed by atoms with E-state index in [2.05, 4.69) is 5.32 Å². The van der Waals surface area contributed by atoms with Gasteiger partial charge in [0.25, 0.3) is 0 Å². The van der Waals surface area contributed by atoms with Crippen molar-refractivity contribution in [1.82, 2.24) is 0 Å². The standard InChI is InChI=1S/C13H16F3NO3S/c1-2-7-21(19,20)9-12(18)17-11-5-3-10(4-6-11)8-13(14,15)16/h3-6H,2,7-9H2,1H3,(H,17,18). The van der Waals surface area contributed by atoms with Crippen molar-refractivity contribution in [3.8, 4) is 0 Å². The third kappa shape index (κ3) is 7.12. The summed E-state index contributed by atoms with van der Waals surface area (Å²) in [6.07, 6.45) is -4.92. The zero-order valence-electron chi connectivity index (χ0n) is 11.4. The lowest BCUT2D eigenvalue weighted by molar-refractivity contribution is -0.127. The number of hydrogen-bond acceptors (Lipinski definition) is 3. The highest BCUT2D eigenvalue weighted by Crippen LogP contribution is 2.22. The Hall–Kier alpha value is -1.57. The number of amides is 1. The number of anilines is 1. The molecular formula is C13H16F3NO3S. The molecule has 1 N–H and O–H groups in total. The summed E-state index contributed by atoms with van der Waals surface area (Å²) in [7, 11) is -3.44. The monoisotopic (exact) mass is 323 g/mol. The van der Waals surface area contributed by atoms with Gasteiger partial charge in [-0.05, 0) is 24.1 Å². The third-order valence-electron chi connectivity index (χ3n) is 2.51. The van der Waals surface area contributed by atoms with Crippen LogP contribution < -0.4 is 5.32 Å². The fraction of sp³-hybridized carbons (Fsp3) is 0.462. The number of carbonyl (C=O) groups is 1. The van der Waals surface area contributed by atoms with Crippen molar-refractivity contribution in [2.24, 2.45) is 0 Å². The molecule has 1 aromatic rings. The first-order chi connectivity index (χ1) is 9.61. The molecule has 0 saturated heterocycles. The molecule has 0 aromatic heterocycles. The van der Waals surface area contributed by atoms with Gasteiger partial charge in [0.2, 0.25) is 5.91 Å². The first kappa shape index (κ1) is 17.5. The number of rotatable bonds is 6. The van der Waals surface area contributed by atoms with Crippen LogP contribution in [0.1, 0.15) is 18.9 Å². The lowest BCUT2D eigenvalue weighted by atomic mass is 10.1. The zero-order valence-corrected chi connectivity index (χ0v) is 12.2. The number of halogens is 3. The van der Waals surface area contributed by atoms with E-state index in [-0.39, 0.29) is 17.0 Å². The quantitative estimate of drug-likeness (QED) is 0.875. The first-order valence-electron chi connectivity index (χ1n) is 6.27. The Labute approximate surface area is 121 Å². The summed E-state index contributed by atoms with van der Waals surface area (Å²) in [4.78, 5) is 11.5. The number of carbonyl (C=O) groups excluding carboxylic acids is 1. The molecule has 0 spiro atoms. The molecule has 0 fully saturated rings. The highest BCUT2D eigenvalue weighted by molar-refractivity contribution is 7.92. The number of hydrogen-bond donors (Lipinski definition) is 1. The summed E-state index contributed by atoms with van der Waals surface area (Å²) >= 11 is 0. The van der Waals surface area contributed by atoms with Gasteiger partial charge < -0.3 is 5.32 Å². The average molecular weight is 323 g/mol. The Morgan fingerprint density at radius 2 is 1.76 bits per heavy atom. The number of benzene rings is 1. The van der Waals surface area contributed by atoms with E-state index in [1.807, 2.05) is 0 Å². The Bertz CT molecular complexity index is 580. The van der Waals surface area contributed by atoms with E-state index >= 15 is 0 Å². The van der Waals surface area contributed by atoms with Gasteiger partial charge in [0.1, 0.15) is 5.75 Å². The number of alkyl halides is 3. The SMILES string of the molecule is CCCS(=O)(=O)CC(=O)Nc1ccc(CC(F)(F)F)cc1. The van der Waals surface area contributed by atoms with E-state index < -0.39 is 34.1 Å². The van der Waals surface area contributed by atoms with Gasteiger partial charge in [0.15, 0.2) is 9.84 Å². The molecule has 1 rings (SSSR count). The molecule has 0 heterocycles. The smallest absolute Gasteiger partial charge is 0.325 e. The molecular weight excluding hydrogens is 307 g/mol. The van der Waals surface area contributed by atoms with Crippen molar-refractivity contribution in [2.75, 3.05) is 16.8 Å². The molecule has 0 radical (unpaired) electrons. The molecule has 0 bridgehead atoms. The number of sulfone groups is 1. The van der Waals surface area contributed by atoms with Crippen LogP contribution in [0.3, 0.4) is 0 Å². The molecule has 0 aliphatic rings. The molecule has 0 aliphatic heterocycles. The van der Waals surface area contributed by atoms with Gasteiger partial charge >= 0.3 is 6.18 Å². The normalized spacial score (nSPS) is 12.2. The maximum absolute atomic E-state index is 12.2. The fourth-order valence-corrected chi connectivity index (χ4v) is 2.96. The molecule has 0 saturated carbocycles. The minimum Gasteiger partial charge on any atom is -0.325 e. The van der Waals surface area contributed by atoms with Gasteiger partial charge in [-0.1, -0.05) is 19.1 Å². The Kier molecular flexibility index (Phi) is 5.77. The lowest BCUT2D eigenvalue weighted by Gasteiger charge is -2.08. The van der Waals surface area contributed by atoms with E-state index in [0.29, 0.717) is 6.42 Å². The first-order valence-corrected chi connectivity index (χ1v) is 8.09. The summed E-state index contributed by atoms with van der Waals surface area (Å²) in [5, 5.41) is 2.35. The molecule has 21 heavy (non-hydrogen) atoms. The molecule has 0 unspecified atom stereocenters. The summed E-state index contributed by atoms with van der Waals surface area (Å²) < 4.78 is 59.4. The van der Waals surface area contributed by atoms with E-state index in [0.717, 1.165) is 0 Å². The predicted molar refractivity (Wildman–Crippen MR) is 73.8 cm³/mol. The van der Waals surface area contributed by atoms with Crippen molar-refractivity contribution in [1.29, 1.82) is 0 Å². The molecule has 0 aliphatic carbocycles. The Morgan fingerprint density at radius 3 is 2.24 bits per heavy atom. The second kappa shape index (κ2) is 6.93. The van der Waals surface area contributed by atoms with Gasteiger partial charge in [-0.3, -0.25) is 4.79 Å². The van der Waals surface area contributed by atoms with E-state index in [1.165, 1.54) is 24.3 Å². The van der Waals surface area contributed by atoms with Gasteiger partial charge in [-0.2, -0.15) is 13.2 Å². The van der Waals surface area contributed by atoms with E-state index in [4.69, 9.17) is 0 Å². The highest BCUT2D eigenvalue weighted by atomic mass is 32.2. The van der Waals surface area contributed by atoms with E-state index in [9.17, 15) is 26.4 Å². The maximum Gasteiger partial charge on any atom is 0.393 e. The van der Waals surface area contributed by atoms with Crippen molar-refractivity contribution >= 4 is 21.4 Å². The van der Waals surface area contributed by atoms with Crippen LogP contribution in [0.25, 0.3) is 0 Å². The average Bonchev–Trinajstić information content (AvgIpc) is 2.28. The van der Waals surface area contributed by atoms with Crippen LogP contribution in [0.5, 0.6) is 0 Å².